The molecule has 0 fully saturated rings. The van der Waals surface area contributed by atoms with Gasteiger partial charge in [0.1, 0.15) is 18.0 Å². The second kappa shape index (κ2) is 5.34. The zero-order valence-electron chi connectivity index (χ0n) is 11.8. The summed E-state index contributed by atoms with van der Waals surface area (Å²) in [7, 11) is 4.00. The Bertz CT molecular complexity index is 374. The highest BCUT2D eigenvalue weighted by atomic mass is 15.2. The Kier molecular flexibility index (Phi) is 4.32. The zero-order chi connectivity index (χ0) is 13.1. The molecule has 1 rings (SSSR count). The van der Waals surface area contributed by atoms with Crippen molar-refractivity contribution in [2.75, 3.05) is 24.3 Å². The summed E-state index contributed by atoms with van der Waals surface area (Å²) in [5.41, 5.74) is 1.28. The first-order valence-electron chi connectivity index (χ1n) is 6.23. The maximum absolute atomic E-state index is 4.45. The van der Waals surface area contributed by atoms with Gasteiger partial charge in [0, 0.05) is 25.2 Å². The number of hydrogen-bond donors (Lipinski definition) is 1. The van der Waals surface area contributed by atoms with E-state index in [-0.39, 0.29) is 5.54 Å². The van der Waals surface area contributed by atoms with Crippen LogP contribution in [0, 0.1) is 0 Å². The molecular weight excluding hydrogens is 212 g/mol. The molecule has 0 aliphatic rings. The normalized spacial score (nSPS) is 11.4. The van der Waals surface area contributed by atoms with Crippen molar-refractivity contribution < 1.29 is 0 Å². The van der Waals surface area contributed by atoms with Crippen molar-refractivity contribution in [1.29, 1.82) is 0 Å². The van der Waals surface area contributed by atoms with Crippen LogP contribution >= 0.6 is 0 Å². The van der Waals surface area contributed by atoms with Crippen LogP contribution in [0.3, 0.4) is 0 Å². The maximum atomic E-state index is 4.45. The number of hydrogen-bond acceptors (Lipinski definition) is 4. The molecule has 0 unspecified atom stereocenters. The molecule has 0 aliphatic heterocycles. The number of rotatable bonds is 5. The van der Waals surface area contributed by atoms with Crippen LogP contribution in [0.2, 0.25) is 0 Å². The van der Waals surface area contributed by atoms with Gasteiger partial charge in [0.15, 0.2) is 0 Å². The fourth-order valence-electron chi connectivity index (χ4n) is 1.76. The van der Waals surface area contributed by atoms with Crippen LogP contribution in [0.15, 0.2) is 6.33 Å². The molecule has 1 aromatic rings. The van der Waals surface area contributed by atoms with Crippen LogP contribution in [0.1, 0.15) is 39.7 Å². The van der Waals surface area contributed by atoms with Crippen molar-refractivity contribution >= 4 is 11.6 Å². The second-order valence-electron chi connectivity index (χ2n) is 4.85. The zero-order valence-corrected chi connectivity index (χ0v) is 11.8. The lowest BCUT2D eigenvalue weighted by Gasteiger charge is -2.37. The Balaban J connectivity index is 3.22. The molecule has 0 atom stereocenters. The summed E-state index contributed by atoms with van der Waals surface area (Å²) in [5, 5.41) is 3.13. The molecule has 4 nitrogen and oxygen atoms in total. The van der Waals surface area contributed by atoms with Gasteiger partial charge in [-0.15, -0.1) is 0 Å². The minimum absolute atomic E-state index is 0.100. The summed E-state index contributed by atoms with van der Waals surface area (Å²) in [6.07, 6.45) is 3.63. The number of aromatic nitrogens is 2. The third-order valence-electron chi connectivity index (χ3n) is 3.60. The molecule has 0 bridgehead atoms. The van der Waals surface area contributed by atoms with E-state index >= 15 is 0 Å². The predicted octanol–water partition coefficient (Wildman–Crippen LogP) is 2.71. The molecule has 0 saturated heterocycles. The highest BCUT2D eigenvalue weighted by Gasteiger charge is 2.25. The fraction of sp³-hybridized carbons (Fsp3) is 0.692. The van der Waals surface area contributed by atoms with Gasteiger partial charge in [-0.2, -0.15) is 0 Å². The molecular formula is C13H24N4. The second-order valence-corrected chi connectivity index (χ2v) is 4.85. The van der Waals surface area contributed by atoms with E-state index in [1.54, 1.807) is 6.33 Å². The van der Waals surface area contributed by atoms with Crippen molar-refractivity contribution in [1.82, 2.24) is 9.97 Å². The molecule has 1 heterocycles. The Morgan fingerprint density at radius 3 is 2.41 bits per heavy atom. The third kappa shape index (κ3) is 2.68. The Labute approximate surface area is 104 Å². The van der Waals surface area contributed by atoms with Crippen LogP contribution < -0.4 is 10.2 Å². The van der Waals surface area contributed by atoms with E-state index in [9.17, 15) is 0 Å². The van der Waals surface area contributed by atoms with Crippen molar-refractivity contribution in [3.8, 4) is 0 Å². The van der Waals surface area contributed by atoms with Gasteiger partial charge in [0.2, 0.25) is 0 Å². The molecule has 0 aliphatic carbocycles. The van der Waals surface area contributed by atoms with Gasteiger partial charge in [0.05, 0.1) is 0 Å². The molecule has 17 heavy (non-hydrogen) atoms. The molecule has 1 aromatic heterocycles. The average molecular weight is 236 g/mol. The number of anilines is 2. The maximum Gasteiger partial charge on any atom is 0.137 e. The first-order chi connectivity index (χ1) is 7.97. The lowest BCUT2D eigenvalue weighted by atomic mass is 9.99. The Morgan fingerprint density at radius 2 is 1.94 bits per heavy atom. The topological polar surface area (TPSA) is 41.1 Å². The molecule has 96 valence electrons. The van der Waals surface area contributed by atoms with E-state index in [2.05, 4.69) is 54.9 Å². The SMILES string of the molecule is CCc1c(NC)ncnc1N(C)C(C)(C)CC. The van der Waals surface area contributed by atoms with Crippen LogP contribution in [0.25, 0.3) is 0 Å². The predicted molar refractivity (Wildman–Crippen MR) is 73.7 cm³/mol. The van der Waals surface area contributed by atoms with Crippen molar-refractivity contribution in [2.24, 2.45) is 0 Å². The lowest BCUT2D eigenvalue weighted by molar-refractivity contribution is 0.466. The standard InChI is InChI=1S/C13H24N4/c1-7-10-11(14-5)15-9-16-12(10)17(6)13(3,4)8-2/h9H,7-8H2,1-6H3,(H,14,15,16). The van der Waals surface area contributed by atoms with Gasteiger partial charge in [-0.3, -0.25) is 0 Å². The fourth-order valence-corrected chi connectivity index (χ4v) is 1.76. The van der Waals surface area contributed by atoms with E-state index in [4.69, 9.17) is 0 Å². The molecule has 0 radical (unpaired) electrons. The smallest absolute Gasteiger partial charge is 0.137 e. The lowest BCUT2D eigenvalue weighted by Crippen LogP contribution is -2.41. The number of nitrogens with one attached hydrogen (secondary N) is 1. The Hall–Kier alpha value is -1.32. The summed E-state index contributed by atoms with van der Waals surface area (Å²) < 4.78 is 0. The van der Waals surface area contributed by atoms with Crippen molar-refractivity contribution in [2.45, 2.75) is 46.1 Å². The molecule has 0 amide bonds. The first kappa shape index (κ1) is 13.7. The third-order valence-corrected chi connectivity index (χ3v) is 3.60. The van der Waals surface area contributed by atoms with Crippen LogP contribution in [-0.2, 0) is 6.42 Å². The van der Waals surface area contributed by atoms with Gasteiger partial charge >= 0.3 is 0 Å². The Morgan fingerprint density at radius 1 is 1.29 bits per heavy atom. The van der Waals surface area contributed by atoms with Gasteiger partial charge in [-0.05, 0) is 26.7 Å². The number of nitrogens with zero attached hydrogens (tertiary/aromatic N) is 3. The highest BCUT2D eigenvalue weighted by Crippen LogP contribution is 2.29. The van der Waals surface area contributed by atoms with Crippen LogP contribution in [0.4, 0.5) is 11.6 Å². The molecule has 1 N–H and O–H groups in total. The quantitative estimate of drug-likeness (QED) is 0.853. The summed E-state index contributed by atoms with van der Waals surface area (Å²) >= 11 is 0. The minimum atomic E-state index is 0.100. The van der Waals surface area contributed by atoms with Crippen molar-refractivity contribution in [3.05, 3.63) is 11.9 Å². The van der Waals surface area contributed by atoms with E-state index < -0.39 is 0 Å². The van der Waals surface area contributed by atoms with Crippen LogP contribution in [-0.4, -0.2) is 29.6 Å². The molecule has 0 spiro atoms. The summed E-state index contributed by atoms with van der Waals surface area (Å²) in [6.45, 7) is 8.79. The van der Waals surface area contributed by atoms with Gasteiger partial charge in [-0.1, -0.05) is 13.8 Å². The average Bonchev–Trinajstić information content (AvgIpc) is 2.36. The molecule has 0 aromatic carbocycles. The van der Waals surface area contributed by atoms with Crippen LogP contribution in [0.5, 0.6) is 0 Å². The largest absolute Gasteiger partial charge is 0.373 e. The first-order valence-corrected chi connectivity index (χ1v) is 6.23. The minimum Gasteiger partial charge on any atom is -0.373 e. The van der Waals surface area contributed by atoms with E-state index in [1.807, 2.05) is 7.05 Å². The van der Waals surface area contributed by atoms with Gasteiger partial charge < -0.3 is 10.2 Å². The van der Waals surface area contributed by atoms with E-state index in [0.717, 1.165) is 24.5 Å². The van der Waals surface area contributed by atoms with Gasteiger partial charge in [-0.25, -0.2) is 9.97 Å². The molecule has 0 saturated carbocycles. The van der Waals surface area contributed by atoms with E-state index in [1.165, 1.54) is 5.56 Å². The summed E-state index contributed by atoms with van der Waals surface area (Å²) in [5.74, 6) is 1.95. The monoisotopic (exact) mass is 236 g/mol. The molecule has 4 heteroatoms. The summed E-state index contributed by atoms with van der Waals surface area (Å²) in [6, 6.07) is 0. The highest BCUT2D eigenvalue weighted by molar-refractivity contribution is 5.59. The van der Waals surface area contributed by atoms with E-state index in [0.29, 0.717) is 0 Å². The van der Waals surface area contributed by atoms with Gasteiger partial charge in [0.25, 0.3) is 0 Å². The summed E-state index contributed by atoms with van der Waals surface area (Å²) in [4.78, 5) is 11.0. The van der Waals surface area contributed by atoms with Crippen molar-refractivity contribution in [3.63, 3.8) is 0 Å².